The van der Waals surface area contributed by atoms with E-state index < -0.39 is 0 Å². The van der Waals surface area contributed by atoms with Crippen LogP contribution in [0.5, 0.6) is 0 Å². The molecule has 0 aromatic carbocycles. The van der Waals surface area contributed by atoms with E-state index in [1.165, 1.54) is 25.7 Å². The minimum Gasteiger partial charge on any atom is -0.448 e. The number of amides is 1. The van der Waals surface area contributed by atoms with Crippen molar-refractivity contribution in [1.29, 1.82) is 0 Å². The Morgan fingerprint density at radius 2 is 2.10 bits per heavy atom. The number of hydrogen-bond donors (Lipinski definition) is 1. The smallest absolute Gasteiger partial charge is 0.407 e. The first-order valence-electron chi connectivity index (χ1n) is 8.52. The van der Waals surface area contributed by atoms with Gasteiger partial charge in [0.15, 0.2) is 0 Å². The lowest BCUT2D eigenvalue weighted by atomic mass is 9.96. The summed E-state index contributed by atoms with van der Waals surface area (Å²) in [6, 6.07) is 0.397. The first kappa shape index (κ1) is 16.6. The molecule has 0 spiro atoms. The predicted molar refractivity (Wildman–Crippen MR) is 82.4 cm³/mol. The molecule has 2 heterocycles. The molecule has 0 radical (unpaired) electrons. The van der Waals surface area contributed by atoms with Crippen LogP contribution in [0.2, 0.25) is 0 Å². The lowest BCUT2D eigenvalue weighted by Gasteiger charge is -2.38. The fraction of sp³-hybridized carbons (Fsp3) is 0.938. The molecular formula is C16H30N2O3. The molecule has 2 fully saturated rings. The monoisotopic (exact) mass is 298 g/mol. The molecule has 0 aliphatic carbocycles. The zero-order chi connectivity index (χ0) is 14.9. The highest BCUT2D eigenvalue weighted by molar-refractivity contribution is 5.67. The summed E-state index contributed by atoms with van der Waals surface area (Å²) in [7, 11) is 0. The van der Waals surface area contributed by atoms with Crippen molar-refractivity contribution in [1.82, 2.24) is 10.2 Å². The number of rotatable bonds is 6. The van der Waals surface area contributed by atoms with Gasteiger partial charge in [-0.25, -0.2) is 4.79 Å². The van der Waals surface area contributed by atoms with Gasteiger partial charge in [-0.15, -0.1) is 0 Å². The van der Waals surface area contributed by atoms with Gasteiger partial charge in [0.25, 0.3) is 0 Å². The van der Waals surface area contributed by atoms with Crippen LogP contribution >= 0.6 is 0 Å². The van der Waals surface area contributed by atoms with E-state index in [4.69, 9.17) is 9.47 Å². The number of hydrogen-bond acceptors (Lipinski definition) is 4. The van der Waals surface area contributed by atoms with E-state index in [0.29, 0.717) is 19.2 Å². The van der Waals surface area contributed by atoms with Crippen molar-refractivity contribution in [3.63, 3.8) is 0 Å². The van der Waals surface area contributed by atoms with Crippen molar-refractivity contribution in [3.05, 3.63) is 0 Å². The minimum atomic E-state index is -0.270. The molecule has 21 heavy (non-hydrogen) atoms. The highest BCUT2D eigenvalue weighted by Gasteiger charge is 2.26. The number of likely N-dealkylation sites (tertiary alicyclic amines) is 1. The van der Waals surface area contributed by atoms with Crippen LogP contribution in [-0.4, -0.2) is 56.5 Å². The van der Waals surface area contributed by atoms with Crippen LogP contribution in [0.3, 0.4) is 0 Å². The van der Waals surface area contributed by atoms with Gasteiger partial charge in [0.1, 0.15) is 6.61 Å². The van der Waals surface area contributed by atoms with Crippen molar-refractivity contribution in [2.24, 2.45) is 5.92 Å². The van der Waals surface area contributed by atoms with Gasteiger partial charge in [0.05, 0.1) is 0 Å². The van der Waals surface area contributed by atoms with Crippen LogP contribution < -0.4 is 5.32 Å². The lowest BCUT2D eigenvalue weighted by Crippen LogP contribution is -2.46. The molecule has 1 atom stereocenters. The van der Waals surface area contributed by atoms with E-state index in [2.05, 4.69) is 10.2 Å². The molecule has 2 aliphatic heterocycles. The SMILES string of the molecule is CCCNC(=O)OCC1CCCCN1CC1CCOCC1. The van der Waals surface area contributed by atoms with Crippen LogP contribution in [0.15, 0.2) is 0 Å². The molecule has 2 rings (SSSR count). The maximum atomic E-state index is 11.6. The quantitative estimate of drug-likeness (QED) is 0.818. The molecule has 2 saturated heterocycles. The van der Waals surface area contributed by atoms with E-state index >= 15 is 0 Å². The van der Waals surface area contributed by atoms with Crippen molar-refractivity contribution in [2.75, 3.05) is 39.5 Å². The Hall–Kier alpha value is -0.810. The summed E-state index contributed by atoms with van der Waals surface area (Å²) in [6.07, 6.45) is 6.66. The maximum absolute atomic E-state index is 11.6. The highest BCUT2D eigenvalue weighted by atomic mass is 16.5. The fourth-order valence-electron chi connectivity index (χ4n) is 3.20. The normalized spacial score (nSPS) is 24.7. The third-order valence-corrected chi connectivity index (χ3v) is 4.51. The Bertz CT molecular complexity index is 306. The topological polar surface area (TPSA) is 50.8 Å². The molecule has 0 saturated carbocycles. The van der Waals surface area contributed by atoms with E-state index in [-0.39, 0.29) is 6.09 Å². The number of carbonyl (C=O) groups excluding carboxylic acids is 1. The summed E-state index contributed by atoms with van der Waals surface area (Å²) < 4.78 is 10.8. The molecule has 1 unspecified atom stereocenters. The van der Waals surface area contributed by atoms with Crippen LogP contribution in [0.1, 0.15) is 45.4 Å². The third kappa shape index (κ3) is 5.83. The Labute approximate surface area is 128 Å². The molecule has 0 aromatic heterocycles. The molecule has 0 bridgehead atoms. The van der Waals surface area contributed by atoms with E-state index in [0.717, 1.165) is 45.1 Å². The molecular weight excluding hydrogens is 268 g/mol. The van der Waals surface area contributed by atoms with Crippen LogP contribution in [-0.2, 0) is 9.47 Å². The number of nitrogens with one attached hydrogen (secondary N) is 1. The number of ether oxygens (including phenoxy) is 2. The Morgan fingerprint density at radius 3 is 2.86 bits per heavy atom. The first-order chi connectivity index (χ1) is 10.3. The number of alkyl carbamates (subject to hydrolysis) is 1. The second-order valence-corrected chi connectivity index (χ2v) is 6.23. The molecule has 0 aromatic rings. The summed E-state index contributed by atoms with van der Waals surface area (Å²) in [5.74, 6) is 0.744. The first-order valence-corrected chi connectivity index (χ1v) is 8.52. The third-order valence-electron chi connectivity index (χ3n) is 4.51. The van der Waals surface area contributed by atoms with Gasteiger partial charge < -0.3 is 14.8 Å². The summed E-state index contributed by atoms with van der Waals surface area (Å²) in [6.45, 7) is 7.33. The Kier molecular flexibility index (Phi) is 7.30. The number of nitrogens with zero attached hydrogens (tertiary/aromatic N) is 1. The predicted octanol–water partition coefficient (Wildman–Crippen LogP) is 2.40. The van der Waals surface area contributed by atoms with Gasteiger partial charge in [-0.05, 0) is 44.6 Å². The number of piperidine rings is 1. The van der Waals surface area contributed by atoms with Crippen LogP contribution in [0.4, 0.5) is 4.79 Å². The second kappa shape index (κ2) is 9.26. The average molecular weight is 298 g/mol. The molecule has 2 aliphatic rings. The zero-order valence-corrected chi connectivity index (χ0v) is 13.3. The highest BCUT2D eigenvalue weighted by Crippen LogP contribution is 2.22. The zero-order valence-electron chi connectivity index (χ0n) is 13.3. The van der Waals surface area contributed by atoms with Crippen molar-refractivity contribution < 1.29 is 14.3 Å². The Balaban J connectivity index is 1.74. The van der Waals surface area contributed by atoms with Gasteiger partial charge >= 0.3 is 6.09 Å². The Morgan fingerprint density at radius 1 is 1.29 bits per heavy atom. The summed E-state index contributed by atoms with van der Waals surface area (Å²) in [5, 5.41) is 2.77. The summed E-state index contributed by atoms with van der Waals surface area (Å²) in [5.41, 5.74) is 0. The van der Waals surface area contributed by atoms with E-state index in [1.807, 2.05) is 6.92 Å². The van der Waals surface area contributed by atoms with E-state index in [1.54, 1.807) is 0 Å². The maximum Gasteiger partial charge on any atom is 0.407 e. The summed E-state index contributed by atoms with van der Waals surface area (Å²) in [4.78, 5) is 14.1. The molecule has 5 heteroatoms. The van der Waals surface area contributed by atoms with Crippen molar-refractivity contribution >= 4 is 6.09 Å². The standard InChI is InChI=1S/C16H30N2O3/c1-2-8-17-16(19)21-13-15-5-3-4-9-18(15)12-14-6-10-20-11-7-14/h14-15H,2-13H2,1H3,(H,17,19). The lowest BCUT2D eigenvalue weighted by molar-refractivity contribution is 0.0234. The fourth-order valence-corrected chi connectivity index (χ4v) is 3.20. The van der Waals surface area contributed by atoms with Gasteiger partial charge in [0, 0.05) is 32.3 Å². The molecule has 1 amide bonds. The van der Waals surface area contributed by atoms with Crippen molar-refractivity contribution in [3.8, 4) is 0 Å². The largest absolute Gasteiger partial charge is 0.448 e. The minimum absolute atomic E-state index is 0.270. The molecule has 122 valence electrons. The molecule has 5 nitrogen and oxygen atoms in total. The van der Waals surface area contributed by atoms with Gasteiger partial charge in [0.2, 0.25) is 0 Å². The van der Waals surface area contributed by atoms with Gasteiger partial charge in [-0.1, -0.05) is 13.3 Å². The van der Waals surface area contributed by atoms with Crippen molar-refractivity contribution in [2.45, 2.75) is 51.5 Å². The average Bonchev–Trinajstić information content (AvgIpc) is 2.53. The van der Waals surface area contributed by atoms with E-state index in [9.17, 15) is 4.79 Å². The van der Waals surface area contributed by atoms with Gasteiger partial charge in [-0.3, -0.25) is 4.90 Å². The second-order valence-electron chi connectivity index (χ2n) is 6.23. The number of carbonyl (C=O) groups is 1. The molecule has 1 N–H and O–H groups in total. The van der Waals surface area contributed by atoms with Crippen LogP contribution in [0.25, 0.3) is 0 Å². The summed E-state index contributed by atoms with van der Waals surface area (Å²) >= 11 is 0. The van der Waals surface area contributed by atoms with Gasteiger partial charge in [-0.2, -0.15) is 0 Å². The van der Waals surface area contributed by atoms with Crippen LogP contribution in [0, 0.1) is 5.92 Å².